The molecule has 3 nitrogen and oxygen atoms in total. The van der Waals surface area contributed by atoms with Crippen LogP contribution in [-0.2, 0) is 4.79 Å². The van der Waals surface area contributed by atoms with Crippen molar-refractivity contribution in [2.75, 3.05) is 19.6 Å². The van der Waals surface area contributed by atoms with Crippen molar-refractivity contribution in [2.24, 2.45) is 5.92 Å². The first-order valence-electron chi connectivity index (χ1n) is 5.08. The molecular weight excluding hydrogens is 203 g/mol. The van der Waals surface area contributed by atoms with Gasteiger partial charge in [0.2, 0.25) is 0 Å². The van der Waals surface area contributed by atoms with Gasteiger partial charge in [0.25, 0.3) is 0 Å². The van der Waals surface area contributed by atoms with Gasteiger partial charge >= 0.3 is 51.4 Å². The second-order valence-corrected chi connectivity index (χ2v) is 4.08. The van der Waals surface area contributed by atoms with Gasteiger partial charge in [-0.15, -0.1) is 0 Å². The maximum absolute atomic E-state index is 10.3. The van der Waals surface area contributed by atoms with E-state index >= 15 is 0 Å². The van der Waals surface area contributed by atoms with E-state index in [4.69, 9.17) is 0 Å². The van der Waals surface area contributed by atoms with Crippen LogP contribution in [0.15, 0.2) is 0 Å². The third kappa shape index (κ3) is 5.83. The molecule has 1 heterocycles. The van der Waals surface area contributed by atoms with E-state index in [1.165, 1.54) is 0 Å². The molecule has 0 radical (unpaired) electrons. The van der Waals surface area contributed by atoms with E-state index in [2.05, 4.69) is 19.2 Å². The second-order valence-electron chi connectivity index (χ2n) is 4.08. The zero-order chi connectivity index (χ0) is 9.68. The molecule has 1 saturated heterocycles. The van der Waals surface area contributed by atoms with Crippen molar-refractivity contribution in [3.05, 3.63) is 0 Å². The van der Waals surface area contributed by atoms with Crippen LogP contribution < -0.4 is 56.7 Å². The predicted molar refractivity (Wildman–Crippen MR) is 53.1 cm³/mol. The minimum atomic E-state index is 0. The van der Waals surface area contributed by atoms with Gasteiger partial charge in [-0.3, -0.25) is 0 Å². The summed E-state index contributed by atoms with van der Waals surface area (Å²) >= 11 is 0. The number of piperidine rings is 1. The van der Waals surface area contributed by atoms with Gasteiger partial charge in [0.1, 0.15) is 0 Å². The number of rotatable bonds is 4. The fourth-order valence-electron chi connectivity index (χ4n) is 1.63. The first-order valence-corrected chi connectivity index (χ1v) is 5.08. The van der Waals surface area contributed by atoms with Crippen molar-refractivity contribution in [1.82, 2.24) is 10.2 Å². The summed E-state index contributed by atoms with van der Waals surface area (Å²) in [7, 11) is 0. The average molecular weight is 222 g/mol. The Balaban J connectivity index is 0.00000169. The molecule has 4 heteroatoms. The maximum atomic E-state index is 10.3. The topological polar surface area (TPSA) is 32.3 Å². The van der Waals surface area contributed by atoms with Crippen LogP contribution in [-0.4, -0.2) is 37.0 Å². The molecule has 0 aromatic rings. The van der Waals surface area contributed by atoms with Crippen LogP contribution in [0.4, 0.5) is 0 Å². The minimum Gasteiger partial charge on any atom is -0.520 e. The normalized spacial score (nSPS) is 18.1. The fourth-order valence-corrected chi connectivity index (χ4v) is 1.63. The number of carbonyl (C=O) groups excluding carboxylic acids is 1. The molecule has 0 unspecified atom stereocenters. The minimum absolute atomic E-state index is 0. The van der Waals surface area contributed by atoms with Crippen LogP contribution in [0.1, 0.15) is 26.7 Å². The van der Waals surface area contributed by atoms with E-state index < -0.39 is 0 Å². The molecule has 0 aromatic carbocycles. The van der Waals surface area contributed by atoms with Crippen molar-refractivity contribution >= 4 is 6.41 Å². The molecule has 0 aliphatic carbocycles. The SMILES string of the molecule is CC(C)NCC1CCN([C-]=O)CC1.[K+]. The Morgan fingerprint density at radius 3 is 2.43 bits per heavy atom. The largest absolute Gasteiger partial charge is 1.00 e. The van der Waals surface area contributed by atoms with Gasteiger partial charge in [-0.25, -0.2) is 0 Å². The van der Waals surface area contributed by atoms with E-state index in [0.717, 1.165) is 38.4 Å². The molecule has 0 bridgehead atoms. The van der Waals surface area contributed by atoms with Gasteiger partial charge in [0, 0.05) is 6.04 Å². The Morgan fingerprint density at radius 1 is 1.43 bits per heavy atom. The third-order valence-corrected chi connectivity index (χ3v) is 2.56. The van der Waals surface area contributed by atoms with Crippen molar-refractivity contribution in [1.29, 1.82) is 0 Å². The van der Waals surface area contributed by atoms with Crippen LogP contribution in [0.3, 0.4) is 0 Å². The van der Waals surface area contributed by atoms with Gasteiger partial charge in [-0.2, -0.15) is 6.41 Å². The summed E-state index contributed by atoms with van der Waals surface area (Å²) < 4.78 is 0. The van der Waals surface area contributed by atoms with E-state index in [1.807, 2.05) is 6.41 Å². The van der Waals surface area contributed by atoms with Crippen molar-refractivity contribution in [3.63, 3.8) is 0 Å². The van der Waals surface area contributed by atoms with Crippen LogP contribution in [0.25, 0.3) is 0 Å². The molecule has 1 fully saturated rings. The Morgan fingerprint density at radius 2 is 2.00 bits per heavy atom. The third-order valence-electron chi connectivity index (χ3n) is 2.56. The molecule has 1 N–H and O–H groups in total. The van der Waals surface area contributed by atoms with Gasteiger partial charge in [0.15, 0.2) is 0 Å². The first-order chi connectivity index (χ1) is 6.22. The number of amides is 1. The Bertz CT molecular complexity index is 156. The van der Waals surface area contributed by atoms with Crippen LogP contribution in [0.5, 0.6) is 0 Å². The van der Waals surface area contributed by atoms with Gasteiger partial charge in [0.05, 0.1) is 0 Å². The number of nitrogens with zero attached hydrogens (tertiary/aromatic N) is 1. The molecule has 1 amide bonds. The van der Waals surface area contributed by atoms with Crippen LogP contribution in [0, 0.1) is 5.92 Å². The number of nitrogens with one attached hydrogen (secondary N) is 1. The number of hydrogen-bond donors (Lipinski definition) is 1. The molecule has 0 aromatic heterocycles. The van der Waals surface area contributed by atoms with Gasteiger partial charge in [-0.05, 0) is 38.4 Å². The molecule has 0 saturated carbocycles. The summed E-state index contributed by atoms with van der Waals surface area (Å²) in [5, 5.41) is 3.43. The molecule has 0 spiro atoms. The van der Waals surface area contributed by atoms with Crippen molar-refractivity contribution in [3.8, 4) is 0 Å². The monoisotopic (exact) mass is 222 g/mol. The molecule has 1 aliphatic rings. The molecule has 1 aliphatic heterocycles. The molecule has 14 heavy (non-hydrogen) atoms. The predicted octanol–water partition coefficient (Wildman–Crippen LogP) is -2.23. The van der Waals surface area contributed by atoms with Gasteiger partial charge in [-0.1, -0.05) is 13.8 Å². The molecular formula is C10H19KN2O. The van der Waals surface area contributed by atoms with E-state index in [-0.39, 0.29) is 51.4 Å². The summed E-state index contributed by atoms with van der Waals surface area (Å²) in [4.78, 5) is 12.1. The van der Waals surface area contributed by atoms with E-state index in [9.17, 15) is 4.79 Å². The quantitative estimate of drug-likeness (QED) is 0.431. The fraction of sp³-hybridized carbons (Fsp3) is 0.900. The zero-order valence-corrected chi connectivity index (χ0v) is 12.7. The summed E-state index contributed by atoms with van der Waals surface area (Å²) in [5.41, 5.74) is 0. The molecule has 1 rings (SSSR count). The van der Waals surface area contributed by atoms with Crippen molar-refractivity contribution < 1.29 is 56.2 Å². The smallest absolute Gasteiger partial charge is 0.520 e. The van der Waals surface area contributed by atoms with Crippen LogP contribution in [0.2, 0.25) is 0 Å². The Labute approximate surface area is 129 Å². The molecule has 76 valence electrons. The summed E-state index contributed by atoms with van der Waals surface area (Å²) in [6.45, 7) is 7.18. The molecule has 0 atom stereocenters. The maximum Gasteiger partial charge on any atom is 1.00 e. The standard InChI is InChI=1S/C10H19N2O.K/c1-9(2)11-7-10-3-5-12(8-13)6-4-10;/h9-11H,3-7H2,1-2H3;/q-1;+1. The average Bonchev–Trinajstić information content (AvgIpc) is 2.15. The van der Waals surface area contributed by atoms with Crippen molar-refractivity contribution in [2.45, 2.75) is 32.7 Å². The van der Waals surface area contributed by atoms with E-state index in [1.54, 1.807) is 4.90 Å². The Kier molecular flexibility index (Phi) is 8.87. The zero-order valence-electron chi connectivity index (χ0n) is 9.55. The number of hydrogen-bond acceptors (Lipinski definition) is 2. The number of likely N-dealkylation sites (tertiary alicyclic amines) is 1. The van der Waals surface area contributed by atoms with E-state index in [0.29, 0.717) is 6.04 Å². The summed E-state index contributed by atoms with van der Waals surface area (Å²) in [5.74, 6) is 0.743. The van der Waals surface area contributed by atoms with Crippen LogP contribution >= 0.6 is 0 Å². The summed E-state index contributed by atoms with van der Waals surface area (Å²) in [6, 6.07) is 0.565. The second kappa shape index (κ2) is 8.25. The summed E-state index contributed by atoms with van der Waals surface area (Å²) in [6.07, 6.45) is 4.19. The van der Waals surface area contributed by atoms with Gasteiger partial charge < -0.3 is 15.0 Å². The first kappa shape index (κ1) is 15.1. The Hall–Kier alpha value is 1.07.